The fourth-order valence-corrected chi connectivity index (χ4v) is 4.29. The van der Waals surface area contributed by atoms with Gasteiger partial charge in [-0.3, -0.25) is 0 Å². The molecule has 1 aliphatic carbocycles. The Labute approximate surface area is 194 Å². The van der Waals surface area contributed by atoms with Gasteiger partial charge in [-0.25, -0.2) is 13.8 Å². The molecule has 1 aliphatic rings. The van der Waals surface area contributed by atoms with E-state index in [2.05, 4.69) is 20.6 Å². The lowest BCUT2D eigenvalue weighted by atomic mass is 9.91. The average molecular weight is 479 g/mol. The number of anilines is 2. The molecule has 1 heterocycles. The summed E-state index contributed by atoms with van der Waals surface area (Å²) in [6.45, 7) is -0.0381. The van der Waals surface area contributed by atoms with Gasteiger partial charge in [-0.1, -0.05) is 18.2 Å². The summed E-state index contributed by atoms with van der Waals surface area (Å²) in [5.41, 5.74) is -0.856. The number of benzene rings is 2. The van der Waals surface area contributed by atoms with E-state index in [4.69, 9.17) is 0 Å². The molecule has 0 aliphatic heterocycles. The molecule has 0 radical (unpaired) electrons. The largest absolute Gasteiger partial charge is 0.419 e. The quantitative estimate of drug-likeness (QED) is 0.457. The zero-order chi connectivity index (χ0) is 24.5. The number of fused-ring (bicyclic) bond motifs is 1. The lowest BCUT2D eigenvalue weighted by molar-refractivity contribution is -0.140. The van der Waals surface area contributed by atoms with Crippen LogP contribution >= 0.6 is 0 Å². The summed E-state index contributed by atoms with van der Waals surface area (Å²) in [5.74, 6) is -1.93. The Morgan fingerprint density at radius 3 is 2.26 bits per heavy atom. The highest BCUT2D eigenvalue weighted by Crippen LogP contribution is 2.33. The first-order valence-electron chi connectivity index (χ1n) is 11.1. The molecule has 2 aromatic carbocycles. The SMILES string of the molecule is CN(C)c1nc(NC2CCC(NCc3ccc(C(F)(F)F)c(F)c3F)CC2)nc2ccccc12. The van der Waals surface area contributed by atoms with Crippen LogP contribution in [0, 0.1) is 11.6 Å². The molecule has 182 valence electrons. The van der Waals surface area contributed by atoms with E-state index in [1.165, 1.54) is 0 Å². The number of hydrogen-bond donors (Lipinski definition) is 2. The Morgan fingerprint density at radius 2 is 1.59 bits per heavy atom. The van der Waals surface area contributed by atoms with Crippen molar-refractivity contribution in [1.82, 2.24) is 15.3 Å². The first kappa shape index (κ1) is 24.1. The van der Waals surface area contributed by atoms with E-state index in [9.17, 15) is 22.0 Å². The summed E-state index contributed by atoms with van der Waals surface area (Å²) >= 11 is 0. The summed E-state index contributed by atoms with van der Waals surface area (Å²) in [4.78, 5) is 11.2. The molecule has 10 heteroatoms. The van der Waals surface area contributed by atoms with Crippen molar-refractivity contribution in [1.29, 1.82) is 0 Å². The number of alkyl halides is 3. The molecule has 1 aromatic heterocycles. The van der Waals surface area contributed by atoms with E-state index >= 15 is 0 Å². The smallest absolute Gasteiger partial charge is 0.362 e. The van der Waals surface area contributed by atoms with Crippen molar-refractivity contribution in [3.05, 3.63) is 59.2 Å². The van der Waals surface area contributed by atoms with Gasteiger partial charge in [0.1, 0.15) is 5.82 Å². The van der Waals surface area contributed by atoms with E-state index in [1.807, 2.05) is 43.3 Å². The summed E-state index contributed by atoms with van der Waals surface area (Å²) in [7, 11) is 3.86. The van der Waals surface area contributed by atoms with Crippen LogP contribution < -0.4 is 15.5 Å². The van der Waals surface area contributed by atoms with E-state index in [0.29, 0.717) is 12.0 Å². The summed E-state index contributed by atoms with van der Waals surface area (Å²) in [6.07, 6.45) is -1.75. The van der Waals surface area contributed by atoms with Crippen LogP contribution in [0.3, 0.4) is 0 Å². The van der Waals surface area contributed by atoms with Gasteiger partial charge in [0.05, 0.1) is 11.1 Å². The monoisotopic (exact) mass is 479 g/mol. The molecule has 1 saturated carbocycles. The van der Waals surface area contributed by atoms with Gasteiger partial charge in [-0.15, -0.1) is 0 Å². The van der Waals surface area contributed by atoms with Crippen LogP contribution in [0.5, 0.6) is 0 Å². The Kier molecular flexibility index (Phi) is 6.88. The van der Waals surface area contributed by atoms with Crippen molar-refractivity contribution >= 4 is 22.7 Å². The van der Waals surface area contributed by atoms with Crippen LogP contribution in [-0.2, 0) is 12.7 Å². The number of nitrogens with zero attached hydrogens (tertiary/aromatic N) is 3. The standard InChI is InChI=1S/C24H26F5N5/c1-34(2)22-17-5-3-4-6-19(17)32-23(33-22)31-16-10-8-15(9-11-16)30-13-14-7-12-18(24(27,28)29)21(26)20(14)25/h3-7,12,15-16,30H,8-11,13H2,1-2H3,(H,31,32,33). The number of rotatable bonds is 6. The lowest BCUT2D eigenvalue weighted by Gasteiger charge is -2.30. The number of para-hydroxylation sites is 1. The summed E-state index contributed by atoms with van der Waals surface area (Å²) in [5, 5.41) is 7.52. The molecule has 0 spiro atoms. The first-order valence-corrected chi connectivity index (χ1v) is 11.1. The van der Waals surface area contributed by atoms with Crippen molar-refractivity contribution < 1.29 is 22.0 Å². The molecule has 1 fully saturated rings. The minimum absolute atomic E-state index is 0.0381. The first-order chi connectivity index (χ1) is 16.1. The summed E-state index contributed by atoms with van der Waals surface area (Å²) < 4.78 is 66.1. The maximum atomic E-state index is 14.1. The lowest BCUT2D eigenvalue weighted by Crippen LogP contribution is -2.37. The minimum Gasteiger partial charge on any atom is -0.362 e. The number of aromatic nitrogens is 2. The Bertz CT molecular complexity index is 1160. The highest BCUT2D eigenvalue weighted by Gasteiger charge is 2.36. The number of halogens is 5. The third-order valence-electron chi connectivity index (χ3n) is 6.12. The normalized spacial score (nSPS) is 18.8. The Hall–Kier alpha value is -3.01. The van der Waals surface area contributed by atoms with Gasteiger partial charge in [-0.2, -0.15) is 18.2 Å². The van der Waals surface area contributed by atoms with Crippen LogP contribution in [0.2, 0.25) is 0 Å². The van der Waals surface area contributed by atoms with Gasteiger partial charge in [0.2, 0.25) is 5.95 Å². The zero-order valence-corrected chi connectivity index (χ0v) is 18.9. The maximum Gasteiger partial charge on any atom is 0.419 e. The van der Waals surface area contributed by atoms with Gasteiger partial charge >= 0.3 is 6.18 Å². The second-order valence-corrected chi connectivity index (χ2v) is 8.75. The fourth-order valence-electron chi connectivity index (χ4n) is 4.29. The van der Waals surface area contributed by atoms with Gasteiger partial charge in [0, 0.05) is 43.7 Å². The second-order valence-electron chi connectivity index (χ2n) is 8.75. The predicted octanol–water partition coefficient (Wildman–Crippen LogP) is 5.51. The van der Waals surface area contributed by atoms with E-state index in [1.54, 1.807) is 0 Å². The minimum atomic E-state index is -4.93. The molecular weight excluding hydrogens is 453 g/mol. The molecule has 0 unspecified atom stereocenters. The zero-order valence-electron chi connectivity index (χ0n) is 18.9. The van der Waals surface area contributed by atoms with Crippen LogP contribution in [0.25, 0.3) is 10.9 Å². The van der Waals surface area contributed by atoms with Crippen molar-refractivity contribution in [2.24, 2.45) is 0 Å². The van der Waals surface area contributed by atoms with E-state index in [-0.39, 0.29) is 24.2 Å². The Morgan fingerprint density at radius 1 is 0.912 bits per heavy atom. The second kappa shape index (κ2) is 9.69. The van der Waals surface area contributed by atoms with Crippen LogP contribution in [-0.4, -0.2) is 36.1 Å². The van der Waals surface area contributed by atoms with E-state index in [0.717, 1.165) is 48.5 Å². The van der Waals surface area contributed by atoms with Crippen molar-refractivity contribution in [3.8, 4) is 0 Å². The Balaban J connectivity index is 1.34. The molecule has 0 saturated heterocycles. The molecule has 34 heavy (non-hydrogen) atoms. The number of hydrogen-bond acceptors (Lipinski definition) is 5. The maximum absolute atomic E-state index is 14.1. The molecule has 3 aromatic rings. The fraction of sp³-hybridized carbons (Fsp3) is 0.417. The van der Waals surface area contributed by atoms with Gasteiger partial charge in [0.25, 0.3) is 0 Å². The van der Waals surface area contributed by atoms with Crippen molar-refractivity contribution in [2.45, 2.75) is 50.5 Å². The average Bonchev–Trinajstić information content (AvgIpc) is 2.79. The highest BCUT2D eigenvalue weighted by atomic mass is 19.4. The molecular formula is C24H26F5N5. The van der Waals surface area contributed by atoms with E-state index < -0.39 is 23.4 Å². The van der Waals surface area contributed by atoms with Crippen molar-refractivity contribution in [2.75, 3.05) is 24.3 Å². The predicted molar refractivity (Wildman–Crippen MR) is 122 cm³/mol. The molecule has 4 rings (SSSR count). The highest BCUT2D eigenvalue weighted by molar-refractivity contribution is 5.90. The third kappa shape index (κ3) is 5.22. The molecule has 5 nitrogen and oxygen atoms in total. The molecule has 2 N–H and O–H groups in total. The topological polar surface area (TPSA) is 53.1 Å². The molecule has 0 amide bonds. The van der Waals surface area contributed by atoms with Gasteiger partial charge in [0.15, 0.2) is 11.6 Å². The van der Waals surface area contributed by atoms with Gasteiger partial charge < -0.3 is 15.5 Å². The van der Waals surface area contributed by atoms with Crippen LogP contribution in [0.1, 0.15) is 36.8 Å². The molecule has 0 bridgehead atoms. The van der Waals surface area contributed by atoms with Gasteiger partial charge in [-0.05, 0) is 43.9 Å². The van der Waals surface area contributed by atoms with Crippen molar-refractivity contribution in [3.63, 3.8) is 0 Å². The number of nitrogens with one attached hydrogen (secondary N) is 2. The molecule has 0 atom stereocenters. The van der Waals surface area contributed by atoms with Crippen LogP contribution in [0.4, 0.5) is 33.7 Å². The third-order valence-corrected chi connectivity index (χ3v) is 6.12. The van der Waals surface area contributed by atoms with Crippen LogP contribution in [0.15, 0.2) is 36.4 Å². The summed E-state index contributed by atoms with van der Waals surface area (Å²) in [6, 6.07) is 9.59.